The normalized spacial score (nSPS) is 11.6. The van der Waals surface area contributed by atoms with Gasteiger partial charge < -0.3 is 26.4 Å². The van der Waals surface area contributed by atoms with E-state index in [-0.39, 0.29) is 0 Å². The highest BCUT2D eigenvalue weighted by Gasteiger charge is 2.15. The van der Waals surface area contributed by atoms with Gasteiger partial charge in [0.15, 0.2) is 0 Å². The first-order valence-electron chi connectivity index (χ1n) is 10.0. The predicted octanol–water partition coefficient (Wildman–Crippen LogP) is 3.78. The Bertz CT molecular complexity index is 1250. The topological polar surface area (TPSA) is 102 Å². The number of aryl methyl sites for hydroxylation is 1. The Balaban J connectivity index is 1.90. The molecule has 0 spiro atoms. The summed E-state index contributed by atoms with van der Waals surface area (Å²) >= 11 is 0. The molecule has 4 rings (SSSR count). The molecule has 0 radical (unpaired) electrons. The molecule has 0 saturated heterocycles. The molecule has 30 heavy (non-hydrogen) atoms. The molecule has 4 aromatic rings. The Kier molecular flexibility index (Phi) is 5.22. The zero-order chi connectivity index (χ0) is 21.4. The molecular weight excluding hydrogens is 376 g/mol. The van der Waals surface area contributed by atoms with Crippen molar-refractivity contribution < 1.29 is 4.74 Å². The smallest absolute Gasteiger partial charge is 0.142 e. The van der Waals surface area contributed by atoms with Crippen LogP contribution in [0.3, 0.4) is 0 Å². The molecule has 7 nitrogen and oxygen atoms in total. The van der Waals surface area contributed by atoms with Crippen LogP contribution in [0.5, 0.6) is 5.75 Å². The molecule has 0 aliphatic rings. The van der Waals surface area contributed by atoms with E-state index < -0.39 is 0 Å². The fourth-order valence-corrected chi connectivity index (χ4v) is 3.93. The van der Waals surface area contributed by atoms with E-state index in [9.17, 15) is 0 Å². The Morgan fingerprint density at radius 1 is 1.10 bits per heavy atom. The van der Waals surface area contributed by atoms with Crippen molar-refractivity contribution in [3.63, 3.8) is 0 Å². The fourth-order valence-electron chi connectivity index (χ4n) is 3.93. The zero-order valence-electron chi connectivity index (χ0n) is 17.9. The second-order valence-corrected chi connectivity index (χ2v) is 7.87. The molecule has 2 heterocycles. The first-order valence-corrected chi connectivity index (χ1v) is 10.0. The van der Waals surface area contributed by atoms with Crippen molar-refractivity contribution in [1.82, 2.24) is 14.9 Å². The summed E-state index contributed by atoms with van der Waals surface area (Å²) in [5.41, 5.74) is 16.9. The first-order chi connectivity index (χ1) is 14.4. The van der Waals surface area contributed by atoms with Crippen LogP contribution in [0.15, 0.2) is 30.5 Å². The second-order valence-electron chi connectivity index (χ2n) is 7.87. The lowest BCUT2D eigenvalue weighted by Gasteiger charge is -2.16. The van der Waals surface area contributed by atoms with Gasteiger partial charge in [-0.2, -0.15) is 0 Å². The minimum Gasteiger partial charge on any atom is -0.495 e. The van der Waals surface area contributed by atoms with Crippen molar-refractivity contribution in [3.8, 4) is 5.75 Å². The van der Waals surface area contributed by atoms with E-state index in [1.165, 1.54) is 0 Å². The summed E-state index contributed by atoms with van der Waals surface area (Å²) in [5, 5.41) is 7.36. The summed E-state index contributed by atoms with van der Waals surface area (Å²) < 4.78 is 5.45. The molecule has 0 amide bonds. The van der Waals surface area contributed by atoms with Crippen molar-refractivity contribution in [2.75, 3.05) is 51.1 Å². The molecule has 0 bridgehead atoms. The number of nitrogens with two attached hydrogens (primary N) is 2. The van der Waals surface area contributed by atoms with Gasteiger partial charge in [0.25, 0.3) is 0 Å². The minimum absolute atomic E-state index is 0.468. The highest BCUT2D eigenvalue weighted by atomic mass is 16.5. The Hall–Kier alpha value is -3.32. The van der Waals surface area contributed by atoms with E-state index in [1.54, 1.807) is 13.3 Å². The summed E-state index contributed by atoms with van der Waals surface area (Å²) in [6, 6.07) is 7.99. The summed E-state index contributed by atoms with van der Waals surface area (Å²) in [7, 11) is 5.78. The monoisotopic (exact) mass is 404 g/mol. The van der Waals surface area contributed by atoms with Crippen LogP contribution in [-0.2, 0) is 0 Å². The van der Waals surface area contributed by atoms with Crippen LogP contribution in [0, 0.1) is 6.92 Å². The molecule has 0 fully saturated rings. The van der Waals surface area contributed by atoms with E-state index in [0.717, 1.165) is 63.3 Å². The maximum absolute atomic E-state index is 6.35. The number of fused-ring (bicyclic) bond motifs is 5. The lowest BCUT2D eigenvalue weighted by molar-refractivity contribution is 0.405. The molecule has 0 aliphatic carbocycles. The fraction of sp³-hybridized carbons (Fsp3) is 0.304. The summed E-state index contributed by atoms with van der Waals surface area (Å²) in [6.07, 6.45) is 2.84. The van der Waals surface area contributed by atoms with Crippen molar-refractivity contribution in [3.05, 3.63) is 36.0 Å². The molecule has 0 atom stereocenters. The maximum Gasteiger partial charge on any atom is 0.142 e. The second kappa shape index (κ2) is 7.84. The number of aromatic nitrogens is 2. The average molecular weight is 405 g/mol. The third-order valence-corrected chi connectivity index (χ3v) is 5.53. The average Bonchev–Trinajstić information content (AvgIpc) is 2.72. The number of ether oxygens (including phenoxy) is 1. The number of nitrogens with zero attached hydrogens (tertiary/aromatic N) is 3. The van der Waals surface area contributed by atoms with Crippen molar-refractivity contribution in [2.45, 2.75) is 13.3 Å². The van der Waals surface area contributed by atoms with E-state index in [2.05, 4.69) is 48.4 Å². The molecule has 2 aromatic carbocycles. The number of rotatable bonds is 6. The Morgan fingerprint density at radius 2 is 1.90 bits per heavy atom. The van der Waals surface area contributed by atoms with Crippen LogP contribution >= 0.6 is 0 Å². The van der Waals surface area contributed by atoms with Crippen LogP contribution in [0.25, 0.3) is 32.6 Å². The van der Waals surface area contributed by atoms with Crippen LogP contribution in [0.1, 0.15) is 12.0 Å². The van der Waals surface area contributed by atoms with Crippen molar-refractivity contribution >= 4 is 49.8 Å². The zero-order valence-corrected chi connectivity index (χ0v) is 17.9. The van der Waals surface area contributed by atoms with Gasteiger partial charge in [-0.05, 0) is 57.7 Å². The van der Waals surface area contributed by atoms with Gasteiger partial charge in [-0.25, -0.2) is 4.98 Å². The number of nitrogens with one attached hydrogen (secondary N) is 1. The van der Waals surface area contributed by atoms with E-state index in [1.807, 2.05) is 12.1 Å². The van der Waals surface area contributed by atoms with Crippen molar-refractivity contribution in [2.24, 2.45) is 0 Å². The SMILES string of the molecule is COc1cc2c(cc1N)ncc1c(N)nc3c(C)c(NCCCN(C)C)ccc3c12. The highest BCUT2D eigenvalue weighted by Crippen LogP contribution is 2.38. The van der Waals surface area contributed by atoms with Gasteiger partial charge in [-0.15, -0.1) is 0 Å². The summed E-state index contributed by atoms with van der Waals surface area (Å²) in [4.78, 5) is 11.5. The molecule has 0 saturated carbocycles. The lowest BCUT2D eigenvalue weighted by atomic mass is 9.99. The van der Waals surface area contributed by atoms with E-state index in [4.69, 9.17) is 21.2 Å². The molecule has 156 valence electrons. The van der Waals surface area contributed by atoms with Gasteiger partial charge in [0.1, 0.15) is 11.6 Å². The third-order valence-electron chi connectivity index (χ3n) is 5.53. The number of hydrogen-bond donors (Lipinski definition) is 3. The Morgan fingerprint density at radius 3 is 2.63 bits per heavy atom. The minimum atomic E-state index is 0.468. The van der Waals surface area contributed by atoms with Gasteiger partial charge in [0, 0.05) is 40.0 Å². The summed E-state index contributed by atoms with van der Waals surface area (Å²) in [5.74, 6) is 1.09. The van der Waals surface area contributed by atoms with Crippen molar-refractivity contribution in [1.29, 1.82) is 0 Å². The van der Waals surface area contributed by atoms with E-state index >= 15 is 0 Å². The molecular formula is C23H28N6O. The van der Waals surface area contributed by atoms with Crippen LogP contribution < -0.4 is 21.5 Å². The molecule has 2 aromatic heterocycles. The van der Waals surface area contributed by atoms with Gasteiger partial charge >= 0.3 is 0 Å². The quantitative estimate of drug-likeness (QED) is 0.255. The van der Waals surface area contributed by atoms with Gasteiger partial charge in [-0.1, -0.05) is 6.07 Å². The maximum atomic E-state index is 6.35. The Labute approximate surface area is 176 Å². The van der Waals surface area contributed by atoms with Crippen LogP contribution in [0.2, 0.25) is 0 Å². The lowest BCUT2D eigenvalue weighted by Crippen LogP contribution is -2.16. The largest absolute Gasteiger partial charge is 0.495 e. The van der Waals surface area contributed by atoms with Gasteiger partial charge in [-0.3, -0.25) is 4.98 Å². The standard InChI is InChI=1S/C23H28N6O/c1-13-18(26-8-5-9-29(2)3)7-6-14-21-15-10-20(30-4)17(24)11-19(15)27-12-16(21)23(25)28-22(13)14/h6-7,10-12,26H,5,8-9,24H2,1-4H3,(H2,25,28). The molecule has 5 N–H and O–H groups in total. The van der Waals surface area contributed by atoms with Crippen LogP contribution in [0.4, 0.5) is 17.2 Å². The van der Waals surface area contributed by atoms with Crippen LogP contribution in [-0.4, -0.2) is 49.2 Å². The molecule has 0 aliphatic heterocycles. The number of methoxy groups -OCH3 is 1. The number of benzene rings is 2. The molecule has 7 heteroatoms. The third kappa shape index (κ3) is 3.41. The van der Waals surface area contributed by atoms with Gasteiger partial charge in [0.05, 0.1) is 23.8 Å². The number of anilines is 3. The number of nitrogen functional groups attached to an aromatic ring is 2. The summed E-state index contributed by atoms with van der Waals surface area (Å²) in [6.45, 7) is 4.02. The van der Waals surface area contributed by atoms with E-state index in [0.29, 0.717) is 17.3 Å². The number of hydrogen-bond acceptors (Lipinski definition) is 7. The highest BCUT2D eigenvalue weighted by molar-refractivity contribution is 6.22. The van der Waals surface area contributed by atoms with Gasteiger partial charge in [0.2, 0.25) is 0 Å². The number of pyridine rings is 2. The molecule has 0 unspecified atom stereocenters. The first kappa shape index (κ1) is 20.0. The predicted molar refractivity (Wildman–Crippen MR) is 126 cm³/mol.